The van der Waals surface area contributed by atoms with Gasteiger partial charge in [0.25, 0.3) is 0 Å². The molecule has 1 aliphatic rings. The molecule has 1 heterocycles. The first kappa shape index (κ1) is 17.0. The fourth-order valence-corrected chi connectivity index (χ4v) is 3.41. The maximum Gasteiger partial charge on any atom is 0.165 e. The zero-order chi connectivity index (χ0) is 16.8. The van der Waals surface area contributed by atoms with Crippen LogP contribution in [0.15, 0.2) is 30.3 Å². The Morgan fingerprint density at radius 3 is 2.83 bits per heavy atom. The van der Waals surface area contributed by atoms with E-state index in [1.54, 1.807) is 18.2 Å². The number of nitrogens with zero attached hydrogens (tertiary/aromatic N) is 2. The van der Waals surface area contributed by atoms with Crippen molar-refractivity contribution < 1.29 is 9.13 Å². The van der Waals surface area contributed by atoms with Crippen molar-refractivity contribution in [2.45, 2.75) is 51.8 Å². The summed E-state index contributed by atoms with van der Waals surface area (Å²) in [5, 5.41) is 7.80. The summed E-state index contributed by atoms with van der Waals surface area (Å²) in [4.78, 5) is 0. The number of aryl methyl sites for hydroxylation is 1. The predicted octanol–water partition coefficient (Wildman–Crippen LogP) is 3.90. The lowest BCUT2D eigenvalue weighted by Gasteiger charge is -2.12. The molecule has 3 rings (SSSR count). The molecule has 0 spiro atoms. The zero-order valence-corrected chi connectivity index (χ0v) is 14.3. The summed E-state index contributed by atoms with van der Waals surface area (Å²) >= 11 is 0. The van der Waals surface area contributed by atoms with Gasteiger partial charge in [0.15, 0.2) is 11.6 Å². The first-order valence-electron chi connectivity index (χ1n) is 8.84. The highest BCUT2D eigenvalue weighted by atomic mass is 19.1. The smallest absolute Gasteiger partial charge is 0.165 e. The molecule has 0 saturated heterocycles. The molecule has 24 heavy (non-hydrogen) atoms. The number of para-hydroxylation sites is 1. The van der Waals surface area contributed by atoms with Gasteiger partial charge in [-0.15, -0.1) is 0 Å². The summed E-state index contributed by atoms with van der Waals surface area (Å²) in [6, 6.07) is 8.57. The molecule has 1 aromatic heterocycles. The van der Waals surface area contributed by atoms with Gasteiger partial charge < -0.3 is 10.1 Å². The van der Waals surface area contributed by atoms with Crippen molar-refractivity contribution in [3.63, 3.8) is 0 Å². The number of hydrogen-bond acceptors (Lipinski definition) is 3. The van der Waals surface area contributed by atoms with Gasteiger partial charge in [-0.1, -0.05) is 37.8 Å². The molecule has 0 bridgehead atoms. The summed E-state index contributed by atoms with van der Waals surface area (Å²) in [5.74, 6) is 0.781. The van der Waals surface area contributed by atoms with Crippen LogP contribution in [-0.4, -0.2) is 16.8 Å². The van der Waals surface area contributed by atoms with Crippen LogP contribution >= 0.6 is 0 Å². The highest BCUT2D eigenvalue weighted by molar-refractivity contribution is 5.24. The van der Waals surface area contributed by atoms with Gasteiger partial charge in [0.2, 0.25) is 0 Å². The maximum atomic E-state index is 13.7. The standard InChI is InChI=1S/C19H26FN3O/c1-21-13-16-12-17(14-24-19-9-5-4-8-18(19)20)23(22-16)11-10-15-6-2-3-7-15/h4-5,8-9,12,15,21H,2-3,6-7,10-11,13-14H2,1H3. The van der Waals surface area contributed by atoms with E-state index < -0.39 is 0 Å². The van der Waals surface area contributed by atoms with E-state index in [4.69, 9.17) is 4.74 Å². The van der Waals surface area contributed by atoms with Crippen LogP contribution in [0.1, 0.15) is 43.5 Å². The van der Waals surface area contributed by atoms with Crippen LogP contribution < -0.4 is 10.1 Å². The number of ether oxygens (including phenoxy) is 1. The number of nitrogens with one attached hydrogen (secondary N) is 1. The molecular weight excluding hydrogens is 305 g/mol. The first-order chi connectivity index (χ1) is 11.8. The van der Waals surface area contributed by atoms with E-state index in [0.717, 1.165) is 36.8 Å². The molecule has 1 N–H and O–H groups in total. The van der Waals surface area contributed by atoms with Gasteiger partial charge in [-0.25, -0.2) is 4.39 Å². The monoisotopic (exact) mass is 331 g/mol. The fourth-order valence-electron chi connectivity index (χ4n) is 3.41. The Balaban J connectivity index is 1.66. The lowest BCUT2D eigenvalue weighted by molar-refractivity contribution is 0.275. The van der Waals surface area contributed by atoms with Crippen LogP contribution in [0.5, 0.6) is 5.75 Å². The van der Waals surface area contributed by atoms with Crippen molar-refractivity contribution in [3.05, 3.63) is 47.5 Å². The van der Waals surface area contributed by atoms with E-state index in [9.17, 15) is 4.39 Å². The van der Waals surface area contributed by atoms with E-state index in [1.165, 1.54) is 31.7 Å². The lowest BCUT2D eigenvalue weighted by atomic mass is 10.0. The molecular formula is C19H26FN3O. The maximum absolute atomic E-state index is 13.7. The van der Waals surface area contributed by atoms with E-state index in [1.807, 2.05) is 17.8 Å². The number of aromatic nitrogens is 2. The van der Waals surface area contributed by atoms with Gasteiger partial charge in [0, 0.05) is 13.1 Å². The minimum absolute atomic E-state index is 0.288. The van der Waals surface area contributed by atoms with E-state index in [2.05, 4.69) is 10.4 Å². The van der Waals surface area contributed by atoms with Crippen molar-refractivity contribution in [3.8, 4) is 5.75 Å². The van der Waals surface area contributed by atoms with Crippen LogP contribution in [0, 0.1) is 11.7 Å². The minimum atomic E-state index is -0.329. The lowest BCUT2D eigenvalue weighted by Crippen LogP contribution is -2.11. The van der Waals surface area contributed by atoms with Crippen molar-refractivity contribution in [2.24, 2.45) is 5.92 Å². The second-order valence-corrected chi connectivity index (χ2v) is 6.54. The third kappa shape index (κ3) is 4.35. The largest absolute Gasteiger partial charge is 0.484 e. The quantitative estimate of drug-likeness (QED) is 0.797. The third-order valence-electron chi connectivity index (χ3n) is 4.71. The molecule has 5 heteroatoms. The normalized spacial score (nSPS) is 15.1. The molecule has 0 unspecified atom stereocenters. The Bertz CT molecular complexity index is 650. The summed E-state index contributed by atoms with van der Waals surface area (Å²) in [6.07, 6.45) is 6.56. The Morgan fingerprint density at radius 1 is 1.29 bits per heavy atom. The molecule has 0 atom stereocenters. The van der Waals surface area contributed by atoms with Crippen molar-refractivity contribution in [1.82, 2.24) is 15.1 Å². The Hall–Kier alpha value is -1.88. The molecule has 130 valence electrons. The molecule has 0 radical (unpaired) electrons. The molecule has 1 aromatic carbocycles. The van der Waals surface area contributed by atoms with Gasteiger partial charge in [-0.3, -0.25) is 4.68 Å². The van der Waals surface area contributed by atoms with Crippen LogP contribution in [0.2, 0.25) is 0 Å². The highest BCUT2D eigenvalue weighted by Gasteiger charge is 2.16. The minimum Gasteiger partial charge on any atom is -0.484 e. The summed E-state index contributed by atoms with van der Waals surface area (Å²) < 4.78 is 21.4. The number of hydrogen-bond donors (Lipinski definition) is 1. The number of benzene rings is 1. The van der Waals surface area contributed by atoms with Gasteiger partial charge in [0.1, 0.15) is 6.61 Å². The molecule has 1 fully saturated rings. The van der Waals surface area contributed by atoms with Gasteiger partial charge >= 0.3 is 0 Å². The Labute approximate surface area is 143 Å². The average Bonchev–Trinajstić information content (AvgIpc) is 3.22. The van der Waals surface area contributed by atoms with E-state index in [0.29, 0.717) is 6.61 Å². The summed E-state index contributed by atoms with van der Waals surface area (Å²) in [7, 11) is 1.91. The second kappa shape index (κ2) is 8.29. The fraction of sp³-hybridized carbons (Fsp3) is 0.526. The highest BCUT2D eigenvalue weighted by Crippen LogP contribution is 2.28. The third-order valence-corrected chi connectivity index (χ3v) is 4.71. The van der Waals surface area contributed by atoms with Gasteiger partial charge in [-0.05, 0) is 37.6 Å². The summed E-state index contributed by atoms with van der Waals surface area (Å²) in [5.41, 5.74) is 2.00. The van der Waals surface area contributed by atoms with Gasteiger partial charge in [0.05, 0.1) is 11.4 Å². The van der Waals surface area contributed by atoms with Crippen LogP contribution in [0.3, 0.4) is 0 Å². The second-order valence-electron chi connectivity index (χ2n) is 6.54. The Kier molecular flexibility index (Phi) is 5.86. The van der Waals surface area contributed by atoms with Crippen LogP contribution in [-0.2, 0) is 19.7 Å². The molecule has 1 aliphatic carbocycles. The van der Waals surface area contributed by atoms with Crippen LogP contribution in [0.25, 0.3) is 0 Å². The molecule has 2 aromatic rings. The molecule has 1 saturated carbocycles. The van der Waals surface area contributed by atoms with E-state index in [-0.39, 0.29) is 11.6 Å². The zero-order valence-electron chi connectivity index (χ0n) is 14.3. The Morgan fingerprint density at radius 2 is 2.08 bits per heavy atom. The van der Waals surface area contributed by atoms with Crippen molar-refractivity contribution in [2.75, 3.05) is 7.05 Å². The predicted molar refractivity (Wildman–Crippen MR) is 92.3 cm³/mol. The topological polar surface area (TPSA) is 39.1 Å². The average molecular weight is 331 g/mol. The molecule has 4 nitrogen and oxygen atoms in total. The van der Waals surface area contributed by atoms with Crippen LogP contribution in [0.4, 0.5) is 4.39 Å². The molecule has 0 aliphatic heterocycles. The molecule has 0 amide bonds. The first-order valence-corrected chi connectivity index (χ1v) is 8.84. The number of halogens is 1. The number of rotatable bonds is 8. The SMILES string of the molecule is CNCc1cc(COc2ccccc2F)n(CCC2CCCC2)n1. The van der Waals surface area contributed by atoms with Crippen molar-refractivity contribution in [1.29, 1.82) is 0 Å². The van der Waals surface area contributed by atoms with Gasteiger partial charge in [-0.2, -0.15) is 5.10 Å². The van der Waals surface area contributed by atoms with Crippen molar-refractivity contribution >= 4 is 0 Å². The summed E-state index contributed by atoms with van der Waals surface area (Å²) in [6.45, 7) is 1.97. The van der Waals surface area contributed by atoms with E-state index >= 15 is 0 Å².